The molecule has 35 heavy (non-hydrogen) atoms. The first-order valence-corrected chi connectivity index (χ1v) is 11.7. The van der Waals surface area contributed by atoms with E-state index in [0.717, 1.165) is 12.8 Å². The summed E-state index contributed by atoms with van der Waals surface area (Å²) in [6, 6.07) is 0. The fourth-order valence-electron chi connectivity index (χ4n) is 2.56. The molecule has 0 rings (SSSR count). The van der Waals surface area contributed by atoms with E-state index in [9.17, 15) is 24.0 Å². The van der Waals surface area contributed by atoms with Crippen LogP contribution in [0, 0.1) is 0 Å². The summed E-state index contributed by atoms with van der Waals surface area (Å²) < 4.78 is 16.1. The maximum Gasteiger partial charge on any atom is 0.320 e. The van der Waals surface area contributed by atoms with Gasteiger partial charge in [-0.2, -0.15) is 0 Å². The first-order valence-electron chi connectivity index (χ1n) is 11.7. The molecule has 0 unspecified atom stereocenters. The van der Waals surface area contributed by atoms with Gasteiger partial charge in [0.1, 0.15) is 0 Å². The Kier molecular flexibility index (Phi) is 20.0. The number of nitrogens with one attached hydrogen (secondary N) is 2. The van der Waals surface area contributed by atoms with Gasteiger partial charge in [0, 0.05) is 39.0 Å². The minimum atomic E-state index is -1.03. The number of aliphatic carboxylic acids is 2. The van der Waals surface area contributed by atoms with Crippen molar-refractivity contribution in [3.63, 3.8) is 0 Å². The van der Waals surface area contributed by atoms with Crippen molar-refractivity contribution in [1.29, 1.82) is 0 Å². The Morgan fingerprint density at radius 2 is 1.20 bits per heavy atom. The minimum Gasteiger partial charge on any atom is -0.481 e. The van der Waals surface area contributed by atoms with Crippen molar-refractivity contribution in [2.45, 2.75) is 45.4 Å². The number of carboxylic acid groups (broad SMARTS) is 2. The smallest absolute Gasteiger partial charge is 0.320 e. The minimum absolute atomic E-state index is 0.0638. The van der Waals surface area contributed by atoms with Gasteiger partial charge in [-0.1, -0.05) is 13.3 Å². The summed E-state index contributed by atoms with van der Waals surface area (Å²) >= 11 is 0. The zero-order valence-electron chi connectivity index (χ0n) is 20.4. The van der Waals surface area contributed by atoms with Crippen LogP contribution in [0.2, 0.25) is 0 Å². The predicted molar refractivity (Wildman–Crippen MR) is 124 cm³/mol. The summed E-state index contributed by atoms with van der Waals surface area (Å²) in [5.74, 6) is -3.14. The van der Waals surface area contributed by atoms with E-state index < -0.39 is 11.9 Å². The van der Waals surface area contributed by atoms with Crippen LogP contribution in [0.25, 0.3) is 0 Å². The number of esters is 1. The van der Waals surface area contributed by atoms with E-state index >= 15 is 0 Å². The summed E-state index contributed by atoms with van der Waals surface area (Å²) in [6.07, 6.45) is 1.07. The summed E-state index contributed by atoms with van der Waals surface area (Å²) in [5.41, 5.74) is 0. The van der Waals surface area contributed by atoms with Crippen LogP contribution in [-0.4, -0.2) is 111 Å². The molecule has 0 aromatic rings. The normalized spacial score (nSPS) is 10.7. The third-order valence-corrected chi connectivity index (χ3v) is 4.49. The van der Waals surface area contributed by atoms with E-state index in [4.69, 9.17) is 24.4 Å². The average Bonchev–Trinajstić information content (AvgIpc) is 2.80. The average molecular weight is 506 g/mol. The number of amides is 2. The molecule has 0 atom stereocenters. The number of unbranched alkanes of at least 4 members (excludes halogenated alkanes) is 1. The van der Waals surface area contributed by atoms with Gasteiger partial charge >= 0.3 is 17.9 Å². The zero-order valence-corrected chi connectivity index (χ0v) is 20.4. The molecule has 0 bridgehead atoms. The molecule has 0 aliphatic heterocycles. The highest BCUT2D eigenvalue weighted by molar-refractivity contribution is 5.81. The predicted octanol–water partition coefficient (Wildman–Crippen LogP) is -0.373. The number of hydrogen-bond acceptors (Lipinski definition) is 9. The summed E-state index contributed by atoms with van der Waals surface area (Å²) in [4.78, 5) is 57.7. The Morgan fingerprint density at radius 3 is 1.63 bits per heavy atom. The molecule has 0 radical (unpaired) electrons. The SMILES string of the molecule is CCCCOC(=O)CN(CCOCCNC(=O)CCC(=O)O)CCOCCNC(=O)CCC(=O)O. The first-order chi connectivity index (χ1) is 16.7. The molecule has 2 amide bonds. The highest BCUT2D eigenvalue weighted by Gasteiger charge is 2.12. The van der Waals surface area contributed by atoms with E-state index in [1.165, 1.54) is 0 Å². The van der Waals surface area contributed by atoms with Gasteiger partial charge in [-0.3, -0.25) is 28.9 Å². The second kappa shape index (κ2) is 21.7. The van der Waals surface area contributed by atoms with Gasteiger partial charge in [0.2, 0.25) is 11.8 Å². The van der Waals surface area contributed by atoms with Gasteiger partial charge in [-0.15, -0.1) is 0 Å². The van der Waals surface area contributed by atoms with Crippen LogP contribution in [-0.2, 0) is 38.2 Å². The number of nitrogens with zero attached hydrogens (tertiary/aromatic N) is 1. The van der Waals surface area contributed by atoms with Gasteiger partial charge in [0.25, 0.3) is 0 Å². The topological polar surface area (TPSA) is 181 Å². The molecule has 0 spiro atoms. The molecule has 13 heteroatoms. The number of carbonyl (C=O) groups is 5. The lowest BCUT2D eigenvalue weighted by atomic mass is 10.3. The monoisotopic (exact) mass is 505 g/mol. The molecular formula is C22H39N3O10. The molecule has 0 aliphatic rings. The van der Waals surface area contributed by atoms with Crippen LogP contribution in [0.3, 0.4) is 0 Å². The van der Waals surface area contributed by atoms with Gasteiger partial charge in [0.15, 0.2) is 0 Å². The lowest BCUT2D eigenvalue weighted by molar-refractivity contribution is -0.145. The Hall–Kier alpha value is -2.77. The first kappa shape index (κ1) is 32.2. The van der Waals surface area contributed by atoms with E-state index in [-0.39, 0.29) is 76.3 Å². The number of hydrogen-bond donors (Lipinski definition) is 4. The van der Waals surface area contributed by atoms with E-state index in [0.29, 0.717) is 32.9 Å². The van der Waals surface area contributed by atoms with Crippen molar-refractivity contribution in [3.05, 3.63) is 0 Å². The summed E-state index contributed by atoms with van der Waals surface area (Å²) in [7, 11) is 0. The Bertz CT molecular complexity index is 603. The van der Waals surface area contributed by atoms with Crippen molar-refractivity contribution in [1.82, 2.24) is 15.5 Å². The highest BCUT2D eigenvalue weighted by atomic mass is 16.5. The fourth-order valence-corrected chi connectivity index (χ4v) is 2.56. The Labute approximate surface area is 205 Å². The molecular weight excluding hydrogens is 466 g/mol. The lowest BCUT2D eigenvalue weighted by Crippen LogP contribution is -2.37. The van der Waals surface area contributed by atoms with Crippen molar-refractivity contribution in [2.24, 2.45) is 0 Å². The van der Waals surface area contributed by atoms with Crippen molar-refractivity contribution < 1.29 is 48.4 Å². The third-order valence-electron chi connectivity index (χ3n) is 4.49. The Balaban J connectivity index is 4.16. The maximum atomic E-state index is 12.0. The molecule has 0 fully saturated rings. The van der Waals surface area contributed by atoms with Crippen LogP contribution in [0.1, 0.15) is 45.4 Å². The molecule has 0 saturated heterocycles. The quantitative estimate of drug-likeness (QED) is 0.105. The Morgan fingerprint density at radius 1 is 0.714 bits per heavy atom. The molecule has 0 heterocycles. The second-order valence-corrected chi connectivity index (χ2v) is 7.56. The van der Waals surface area contributed by atoms with Crippen LogP contribution < -0.4 is 10.6 Å². The third kappa shape index (κ3) is 22.8. The zero-order chi connectivity index (χ0) is 26.3. The molecule has 13 nitrogen and oxygen atoms in total. The van der Waals surface area contributed by atoms with Gasteiger partial charge in [0.05, 0.1) is 52.4 Å². The van der Waals surface area contributed by atoms with Crippen molar-refractivity contribution >= 4 is 29.7 Å². The van der Waals surface area contributed by atoms with Crippen LogP contribution in [0.4, 0.5) is 0 Å². The van der Waals surface area contributed by atoms with E-state index in [2.05, 4.69) is 10.6 Å². The molecule has 0 saturated carbocycles. The van der Waals surface area contributed by atoms with Gasteiger partial charge in [-0.05, 0) is 6.42 Å². The molecule has 0 aromatic heterocycles. The van der Waals surface area contributed by atoms with Crippen LogP contribution in [0.5, 0.6) is 0 Å². The number of carboxylic acids is 2. The maximum absolute atomic E-state index is 12.0. The van der Waals surface area contributed by atoms with Crippen LogP contribution >= 0.6 is 0 Å². The van der Waals surface area contributed by atoms with Gasteiger partial charge < -0.3 is 35.1 Å². The fraction of sp³-hybridized carbons (Fsp3) is 0.773. The molecule has 4 N–H and O–H groups in total. The standard InChI is InChI=1S/C22H39N3O10/c1-2-3-12-35-22(32)17-25(10-15-33-13-8-23-18(26)4-6-20(28)29)11-16-34-14-9-24-19(27)5-7-21(30)31/h2-17H2,1H3,(H,23,26)(H,24,27)(H,28,29)(H,30,31). The second-order valence-electron chi connectivity index (χ2n) is 7.56. The van der Waals surface area contributed by atoms with Crippen LogP contribution in [0.15, 0.2) is 0 Å². The van der Waals surface area contributed by atoms with Crippen molar-refractivity contribution in [3.8, 4) is 0 Å². The number of rotatable bonds is 23. The van der Waals surface area contributed by atoms with E-state index in [1.807, 2.05) is 11.8 Å². The molecule has 0 aliphatic carbocycles. The highest BCUT2D eigenvalue weighted by Crippen LogP contribution is 1.95. The van der Waals surface area contributed by atoms with E-state index in [1.54, 1.807) is 0 Å². The summed E-state index contributed by atoms with van der Waals surface area (Å²) in [5, 5.41) is 22.2. The largest absolute Gasteiger partial charge is 0.481 e. The van der Waals surface area contributed by atoms with Crippen molar-refractivity contribution in [2.75, 3.05) is 65.8 Å². The molecule has 202 valence electrons. The number of ether oxygens (including phenoxy) is 3. The molecule has 0 aromatic carbocycles. The number of carbonyl (C=O) groups excluding carboxylic acids is 3. The lowest BCUT2D eigenvalue weighted by Gasteiger charge is -2.21. The van der Waals surface area contributed by atoms with Gasteiger partial charge in [-0.25, -0.2) is 0 Å². The summed E-state index contributed by atoms with van der Waals surface area (Å²) in [6.45, 7) is 4.84.